The molecule has 2 rings (SSSR count). The number of hydrogen-bond acceptors (Lipinski definition) is 3. The van der Waals surface area contributed by atoms with Crippen LogP contribution in [0.4, 0.5) is 0 Å². The molecule has 5 nitrogen and oxygen atoms in total. The van der Waals surface area contributed by atoms with E-state index in [1.807, 2.05) is 38.2 Å². The molecule has 1 aromatic rings. The summed E-state index contributed by atoms with van der Waals surface area (Å²) in [5.41, 5.74) is 1.17. The molecule has 1 aliphatic heterocycles. The molecule has 0 radical (unpaired) electrons. The van der Waals surface area contributed by atoms with Crippen LogP contribution >= 0.6 is 0 Å². The Bertz CT molecular complexity index is 517. The molecule has 0 aliphatic carbocycles. The highest BCUT2D eigenvalue weighted by Crippen LogP contribution is 2.18. The van der Waals surface area contributed by atoms with Gasteiger partial charge in [-0.2, -0.15) is 0 Å². The third-order valence-electron chi connectivity index (χ3n) is 4.31. The zero-order chi connectivity index (χ0) is 16.1. The van der Waals surface area contributed by atoms with Gasteiger partial charge in [0.2, 0.25) is 11.8 Å². The number of carbonyl (C=O) groups excluding carboxylic acids is 2. The number of likely N-dealkylation sites (N-methyl/N-ethyl adjacent to an activating group) is 1. The van der Waals surface area contributed by atoms with Crippen molar-refractivity contribution in [3.8, 4) is 5.75 Å². The van der Waals surface area contributed by atoms with Crippen LogP contribution in [-0.2, 0) is 16.0 Å². The normalized spacial score (nSPS) is 19.2. The van der Waals surface area contributed by atoms with Crippen molar-refractivity contribution in [2.75, 3.05) is 20.7 Å². The monoisotopic (exact) mass is 304 g/mol. The van der Waals surface area contributed by atoms with Gasteiger partial charge in [0.15, 0.2) is 0 Å². The average Bonchev–Trinajstić information content (AvgIpc) is 2.55. The first-order valence-electron chi connectivity index (χ1n) is 7.67. The van der Waals surface area contributed by atoms with E-state index in [1.165, 1.54) is 5.56 Å². The zero-order valence-electron chi connectivity index (χ0n) is 13.5. The summed E-state index contributed by atoms with van der Waals surface area (Å²) < 4.78 is 5.15. The van der Waals surface area contributed by atoms with E-state index in [1.54, 1.807) is 12.0 Å². The molecule has 0 saturated carbocycles. The van der Waals surface area contributed by atoms with Crippen LogP contribution in [0.25, 0.3) is 0 Å². The Labute approximate surface area is 131 Å². The second kappa shape index (κ2) is 7.29. The van der Waals surface area contributed by atoms with Gasteiger partial charge in [-0.05, 0) is 37.5 Å². The Hall–Kier alpha value is -2.04. The van der Waals surface area contributed by atoms with Crippen LogP contribution < -0.4 is 10.1 Å². The summed E-state index contributed by atoms with van der Waals surface area (Å²) in [6.45, 7) is 2.50. The number of nitrogens with zero attached hydrogens (tertiary/aromatic N) is 1. The minimum atomic E-state index is -0.0963. The Morgan fingerprint density at radius 1 is 1.41 bits per heavy atom. The smallest absolute Gasteiger partial charge is 0.227 e. The summed E-state index contributed by atoms with van der Waals surface area (Å²) in [6.07, 6.45) is 1.88. The molecule has 2 amide bonds. The van der Waals surface area contributed by atoms with Crippen LogP contribution in [0.1, 0.15) is 25.3 Å². The Morgan fingerprint density at radius 2 is 2.09 bits per heavy atom. The molecule has 1 aromatic carbocycles. The van der Waals surface area contributed by atoms with Gasteiger partial charge in [0.05, 0.1) is 13.0 Å². The molecule has 0 unspecified atom stereocenters. The molecule has 1 N–H and O–H groups in total. The highest BCUT2D eigenvalue weighted by atomic mass is 16.5. The number of amides is 2. The Kier molecular flexibility index (Phi) is 5.41. The predicted octanol–water partition coefficient (Wildman–Crippen LogP) is 1.61. The average molecular weight is 304 g/mol. The molecule has 120 valence electrons. The zero-order valence-corrected chi connectivity index (χ0v) is 13.5. The molecule has 1 aliphatic rings. The van der Waals surface area contributed by atoms with Crippen LogP contribution in [0.15, 0.2) is 24.3 Å². The van der Waals surface area contributed by atoms with Crippen molar-refractivity contribution in [3.63, 3.8) is 0 Å². The lowest BCUT2D eigenvalue weighted by Crippen LogP contribution is -2.46. The molecule has 5 heteroatoms. The van der Waals surface area contributed by atoms with Gasteiger partial charge < -0.3 is 15.0 Å². The van der Waals surface area contributed by atoms with E-state index in [4.69, 9.17) is 4.74 Å². The van der Waals surface area contributed by atoms with E-state index < -0.39 is 0 Å². The van der Waals surface area contributed by atoms with Gasteiger partial charge >= 0.3 is 0 Å². The van der Waals surface area contributed by atoms with Gasteiger partial charge in [0, 0.05) is 26.1 Å². The topological polar surface area (TPSA) is 58.6 Å². The van der Waals surface area contributed by atoms with Gasteiger partial charge in [0.1, 0.15) is 5.75 Å². The number of hydrogen-bond donors (Lipinski definition) is 1. The van der Waals surface area contributed by atoms with Crippen molar-refractivity contribution < 1.29 is 14.3 Å². The molecule has 22 heavy (non-hydrogen) atoms. The van der Waals surface area contributed by atoms with Crippen LogP contribution in [0.2, 0.25) is 0 Å². The van der Waals surface area contributed by atoms with Gasteiger partial charge in [-0.3, -0.25) is 9.59 Å². The fourth-order valence-corrected chi connectivity index (χ4v) is 2.69. The van der Waals surface area contributed by atoms with Crippen LogP contribution in [0.5, 0.6) is 5.75 Å². The van der Waals surface area contributed by atoms with Gasteiger partial charge in [-0.15, -0.1) is 0 Å². The van der Waals surface area contributed by atoms with Gasteiger partial charge in [0.25, 0.3) is 0 Å². The summed E-state index contributed by atoms with van der Waals surface area (Å²) in [6, 6.07) is 8.02. The number of rotatable bonds is 5. The summed E-state index contributed by atoms with van der Waals surface area (Å²) >= 11 is 0. The fraction of sp³-hybridized carbons (Fsp3) is 0.529. The van der Waals surface area contributed by atoms with Crippen molar-refractivity contribution in [2.24, 2.45) is 5.92 Å². The summed E-state index contributed by atoms with van der Waals surface area (Å²) in [4.78, 5) is 25.5. The first-order chi connectivity index (χ1) is 10.5. The second-order valence-corrected chi connectivity index (χ2v) is 5.89. The summed E-state index contributed by atoms with van der Waals surface area (Å²) in [7, 11) is 3.49. The maximum atomic E-state index is 12.5. The quantitative estimate of drug-likeness (QED) is 0.899. The number of methoxy groups -OCH3 is 1. The van der Waals surface area contributed by atoms with Crippen molar-refractivity contribution >= 4 is 11.8 Å². The summed E-state index contributed by atoms with van der Waals surface area (Å²) in [5, 5.41) is 2.77. The largest absolute Gasteiger partial charge is 0.497 e. The van der Waals surface area contributed by atoms with Gasteiger partial charge in [-0.25, -0.2) is 0 Å². The predicted molar refractivity (Wildman–Crippen MR) is 84.7 cm³/mol. The van der Waals surface area contributed by atoms with Crippen molar-refractivity contribution in [2.45, 2.75) is 32.2 Å². The lowest BCUT2D eigenvalue weighted by Gasteiger charge is -2.31. The Balaban J connectivity index is 1.91. The third kappa shape index (κ3) is 4.00. The minimum Gasteiger partial charge on any atom is -0.497 e. The molecular weight excluding hydrogens is 280 g/mol. The van der Waals surface area contributed by atoms with Gasteiger partial charge in [-0.1, -0.05) is 12.1 Å². The molecule has 0 aromatic heterocycles. The standard InChI is InChI=1S/C17H24N2O3/c1-12(10-13-4-7-15(22-3)8-5-13)19(2)17(21)14-6-9-16(20)18-11-14/h4-5,7-8,12,14H,6,9-11H2,1-3H3,(H,18,20)/t12-,14+/m1/s1. The molecule has 0 bridgehead atoms. The van der Waals surface area contributed by atoms with Crippen LogP contribution in [0, 0.1) is 5.92 Å². The third-order valence-corrected chi connectivity index (χ3v) is 4.31. The van der Waals surface area contributed by atoms with Crippen LogP contribution in [-0.4, -0.2) is 43.5 Å². The van der Waals surface area contributed by atoms with Crippen molar-refractivity contribution in [1.29, 1.82) is 0 Å². The number of nitrogens with one attached hydrogen (secondary N) is 1. The van der Waals surface area contributed by atoms with E-state index in [-0.39, 0.29) is 23.8 Å². The Morgan fingerprint density at radius 3 is 2.64 bits per heavy atom. The number of benzene rings is 1. The van der Waals surface area contributed by atoms with E-state index in [9.17, 15) is 9.59 Å². The lowest BCUT2D eigenvalue weighted by atomic mass is 9.96. The molecule has 1 fully saturated rings. The first-order valence-corrected chi connectivity index (χ1v) is 7.67. The summed E-state index contributed by atoms with van der Waals surface area (Å²) in [5.74, 6) is 0.888. The molecule has 0 spiro atoms. The van der Waals surface area contributed by atoms with E-state index in [0.29, 0.717) is 19.4 Å². The molecule has 2 atom stereocenters. The SMILES string of the molecule is COc1ccc(C[C@@H](C)N(C)C(=O)[C@H]2CCC(=O)NC2)cc1. The number of ether oxygens (including phenoxy) is 1. The fourth-order valence-electron chi connectivity index (χ4n) is 2.69. The highest BCUT2D eigenvalue weighted by molar-refractivity contribution is 5.83. The maximum absolute atomic E-state index is 12.5. The minimum absolute atomic E-state index is 0.0398. The maximum Gasteiger partial charge on any atom is 0.227 e. The van der Waals surface area contributed by atoms with Crippen molar-refractivity contribution in [3.05, 3.63) is 29.8 Å². The highest BCUT2D eigenvalue weighted by Gasteiger charge is 2.28. The number of piperidine rings is 1. The first kappa shape index (κ1) is 16.3. The van der Waals surface area contributed by atoms with E-state index >= 15 is 0 Å². The van der Waals surface area contributed by atoms with E-state index in [2.05, 4.69) is 5.32 Å². The van der Waals surface area contributed by atoms with E-state index in [0.717, 1.165) is 12.2 Å². The molecule has 1 heterocycles. The molecule has 1 saturated heterocycles. The molecular formula is C17H24N2O3. The number of carbonyl (C=O) groups is 2. The van der Waals surface area contributed by atoms with Crippen molar-refractivity contribution in [1.82, 2.24) is 10.2 Å². The second-order valence-electron chi connectivity index (χ2n) is 5.89. The lowest BCUT2D eigenvalue weighted by molar-refractivity contribution is -0.137. The van der Waals surface area contributed by atoms with Crippen LogP contribution in [0.3, 0.4) is 0 Å².